The Labute approximate surface area is 184 Å². The number of fused-ring (bicyclic) bond motifs is 1. The molecule has 0 aliphatic carbocycles. The van der Waals surface area contributed by atoms with Crippen LogP contribution in [0.2, 0.25) is 0 Å². The molecule has 1 unspecified atom stereocenters. The number of alkyl halides is 3. The summed E-state index contributed by atoms with van der Waals surface area (Å²) in [6.45, 7) is -1.21. The molecule has 34 heavy (non-hydrogen) atoms. The first-order valence-electron chi connectivity index (χ1n) is 8.63. The number of nitrogens with zero attached hydrogens (tertiary/aromatic N) is 1. The molecule has 0 saturated heterocycles. The summed E-state index contributed by atoms with van der Waals surface area (Å²) < 4.78 is 119. The van der Waals surface area contributed by atoms with E-state index >= 15 is 0 Å². The number of benzene rings is 1. The van der Waals surface area contributed by atoms with Crippen molar-refractivity contribution in [2.45, 2.75) is 30.5 Å². The van der Waals surface area contributed by atoms with Gasteiger partial charge in [-0.15, -0.1) is 10.1 Å². The normalized spacial score (nSPS) is 17.8. The van der Waals surface area contributed by atoms with E-state index in [9.17, 15) is 52.3 Å². The van der Waals surface area contributed by atoms with Gasteiger partial charge in [0.1, 0.15) is 17.3 Å². The number of carbonyl (C=O) groups is 2. The zero-order valence-electron chi connectivity index (χ0n) is 16.6. The Morgan fingerprint density at radius 2 is 1.76 bits per heavy atom. The van der Waals surface area contributed by atoms with E-state index in [0.717, 1.165) is 6.92 Å². The molecule has 0 aromatic heterocycles. The number of rotatable bonds is 8. The van der Waals surface area contributed by atoms with E-state index in [4.69, 9.17) is 0 Å². The van der Waals surface area contributed by atoms with Gasteiger partial charge in [-0.25, -0.2) is 4.79 Å². The fraction of sp³-hybridized carbons (Fsp3) is 0.375. The summed E-state index contributed by atoms with van der Waals surface area (Å²) in [6.07, 6.45) is -8.78. The van der Waals surface area contributed by atoms with Gasteiger partial charge in [0.05, 0.1) is 12.0 Å². The minimum absolute atomic E-state index is 0.0763. The topological polar surface area (TPSA) is 114 Å². The molecule has 0 spiro atoms. The minimum atomic E-state index is -10.2. The van der Waals surface area contributed by atoms with E-state index in [2.05, 4.69) is 19.0 Å². The maximum Gasteiger partial charge on any atom is 0.430 e. The quantitative estimate of drug-likeness (QED) is 0.151. The lowest BCUT2D eigenvalue weighted by molar-refractivity contribution is -0.757. The standard InChI is InChI=1S/C16H13F8NO8S/c1-8-4-10(34(20,21,22,23)24)5-9-6-11(14(16(17,18)19)33-13(8)9)15(27)31-7-30-12(26)2-3-32-25(28)29/h4-6,14H,2-3,7H2,1H3. The third-order valence-electron chi connectivity index (χ3n) is 4.00. The lowest BCUT2D eigenvalue weighted by atomic mass is 9.99. The van der Waals surface area contributed by atoms with Crippen LogP contribution in [0.4, 0.5) is 32.6 Å². The monoisotopic (exact) mass is 531 g/mol. The average Bonchev–Trinajstić information content (AvgIpc) is 2.64. The van der Waals surface area contributed by atoms with Gasteiger partial charge in [0, 0.05) is 5.56 Å². The van der Waals surface area contributed by atoms with Gasteiger partial charge in [-0.1, -0.05) is 19.4 Å². The Morgan fingerprint density at radius 1 is 1.15 bits per heavy atom. The molecule has 0 amide bonds. The predicted molar refractivity (Wildman–Crippen MR) is 95.6 cm³/mol. The zero-order chi connectivity index (χ0) is 26.2. The van der Waals surface area contributed by atoms with Crippen molar-refractivity contribution in [1.82, 2.24) is 0 Å². The van der Waals surface area contributed by atoms with E-state index < -0.39 is 86.7 Å². The van der Waals surface area contributed by atoms with Crippen LogP contribution in [-0.2, 0) is 23.9 Å². The van der Waals surface area contributed by atoms with E-state index in [1.54, 1.807) is 0 Å². The average molecular weight is 531 g/mol. The van der Waals surface area contributed by atoms with Crippen LogP contribution in [0.3, 0.4) is 0 Å². The molecule has 1 atom stereocenters. The van der Waals surface area contributed by atoms with Gasteiger partial charge in [-0.2, -0.15) is 13.2 Å². The Kier molecular flexibility index (Phi) is 6.47. The van der Waals surface area contributed by atoms with Gasteiger partial charge < -0.3 is 19.0 Å². The Hall–Kier alpha value is -3.31. The van der Waals surface area contributed by atoms with Crippen LogP contribution in [0, 0.1) is 17.0 Å². The number of hydrogen-bond donors (Lipinski definition) is 0. The summed E-state index contributed by atoms with van der Waals surface area (Å²) in [7, 11) is -10.2. The first kappa shape index (κ1) is 26.9. The fourth-order valence-electron chi connectivity index (χ4n) is 2.60. The van der Waals surface area contributed by atoms with Crippen LogP contribution >= 0.6 is 10.2 Å². The molecule has 0 radical (unpaired) electrons. The molecule has 192 valence electrons. The van der Waals surface area contributed by atoms with Crippen LogP contribution in [0.5, 0.6) is 5.75 Å². The smallest absolute Gasteiger partial charge is 0.430 e. The Morgan fingerprint density at radius 3 is 2.29 bits per heavy atom. The summed E-state index contributed by atoms with van der Waals surface area (Å²) in [5.41, 5.74) is -3.01. The molecule has 9 nitrogen and oxygen atoms in total. The third kappa shape index (κ3) is 6.84. The highest BCUT2D eigenvalue weighted by atomic mass is 32.5. The first-order chi connectivity index (χ1) is 15.2. The molecule has 18 heteroatoms. The fourth-order valence-corrected chi connectivity index (χ4v) is 3.35. The highest BCUT2D eigenvalue weighted by Crippen LogP contribution is 3.02. The molecule has 2 rings (SSSR count). The second kappa shape index (κ2) is 8.17. The van der Waals surface area contributed by atoms with Gasteiger partial charge >= 0.3 is 28.3 Å². The van der Waals surface area contributed by atoms with Crippen molar-refractivity contribution in [3.05, 3.63) is 38.9 Å². The van der Waals surface area contributed by atoms with Crippen LogP contribution in [0.25, 0.3) is 6.08 Å². The maximum atomic E-state index is 13.4. The largest absolute Gasteiger partial charge is 0.475 e. The van der Waals surface area contributed by atoms with Crippen molar-refractivity contribution in [2.75, 3.05) is 13.4 Å². The summed E-state index contributed by atoms with van der Waals surface area (Å²) in [4.78, 5) is 34.7. The maximum absolute atomic E-state index is 13.4. The molecular weight excluding hydrogens is 518 g/mol. The van der Waals surface area contributed by atoms with E-state index in [1.807, 2.05) is 0 Å². The number of carbonyl (C=O) groups excluding carboxylic acids is 2. The van der Waals surface area contributed by atoms with Crippen molar-refractivity contribution in [1.29, 1.82) is 0 Å². The van der Waals surface area contributed by atoms with E-state index in [1.165, 1.54) is 0 Å². The third-order valence-corrected chi connectivity index (χ3v) is 5.12. The number of esters is 2. The first-order valence-corrected chi connectivity index (χ1v) is 10.6. The molecule has 1 aliphatic rings. The number of aryl methyl sites for hydroxylation is 1. The molecule has 0 fully saturated rings. The van der Waals surface area contributed by atoms with Crippen molar-refractivity contribution in [3.8, 4) is 5.75 Å². The van der Waals surface area contributed by atoms with Crippen LogP contribution in [0.1, 0.15) is 17.5 Å². The number of ether oxygens (including phenoxy) is 3. The predicted octanol–water partition coefficient (Wildman–Crippen LogP) is 5.00. The van der Waals surface area contributed by atoms with Crippen molar-refractivity contribution < 1.29 is 66.3 Å². The van der Waals surface area contributed by atoms with Gasteiger partial charge in [-0.3, -0.25) is 4.79 Å². The van der Waals surface area contributed by atoms with Crippen LogP contribution < -0.4 is 4.74 Å². The highest BCUT2D eigenvalue weighted by molar-refractivity contribution is 8.45. The lowest BCUT2D eigenvalue weighted by Gasteiger charge is -2.41. The van der Waals surface area contributed by atoms with Gasteiger partial charge in [-0.05, 0) is 30.7 Å². The van der Waals surface area contributed by atoms with Crippen molar-refractivity contribution >= 4 is 28.2 Å². The van der Waals surface area contributed by atoms with Crippen LogP contribution in [-0.4, -0.2) is 42.7 Å². The Bertz CT molecular complexity index is 1050. The van der Waals surface area contributed by atoms with Crippen LogP contribution in [0.15, 0.2) is 22.6 Å². The minimum Gasteiger partial charge on any atom is -0.475 e. The SMILES string of the molecule is Cc1cc(S(F)(F)(F)(F)F)cc2c1OC(C(F)(F)F)C(C(=O)OCOC(=O)CCO[N+](=O)[O-])=C2. The molecule has 1 heterocycles. The van der Waals surface area contributed by atoms with E-state index in [0.29, 0.717) is 0 Å². The summed E-state index contributed by atoms with van der Waals surface area (Å²) in [5, 5.41) is 8.72. The highest BCUT2D eigenvalue weighted by Gasteiger charge is 2.65. The molecule has 0 bridgehead atoms. The van der Waals surface area contributed by atoms with Crippen molar-refractivity contribution in [2.24, 2.45) is 0 Å². The summed E-state index contributed by atoms with van der Waals surface area (Å²) in [5.74, 6) is -3.88. The lowest BCUT2D eigenvalue weighted by Crippen LogP contribution is -2.41. The summed E-state index contributed by atoms with van der Waals surface area (Å²) in [6, 6.07) is -0.244. The summed E-state index contributed by atoms with van der Waals surface area (Å²) >= 11 is 0. The molecule has 1 aliphatic heterocycles. The molecule has 0 saturated carbocycles. The zero-order valence-corrected chi connectivity index (χ0v) is 17.4. The molecule has 1 aromatic rings. The Balaban J connectivity index is 2.30. The van der Waals surface area contributed by atoms with Gasteiger partial charge in [0.25, 0.3) is 5.09 Å². The van der Waals surface area contributed by atoms with E-state index in [-0.39, 0.29) is 18.2 Å². The molecule has 0 N–H and O–H groups in total. The van der Waals surface area contributed by atoms with Gasteiger partial charge in [0.15, 0.2) is 0 Å². The number of hydrogen-bond acceptors (Lipinski definition) is 8. The van der Waals surface area contributed by atoms with Gasteiger partial charge in [0.2, 0.25) is 12.9 Å². The second-order valence-corrected chi connectivity index (χ2v) is 9.05. The number of halogens is 8. The van der Waals surface area contributed by atoms with Crippen molar-refractivity contribution in [3.63, 3.8) is 0 Å². The molecule has 1 aromatic carbocycles. The second-order valence-electron chi connectivity index (χ2n) is 6.64. The molecular formula is C16H13F8NO8S.